The van der Waals surface area contributed by atoms with Gasteiger partial charge in [-0.05, 0) is 68.5 Å². The standard InChI is InChI=1S/C18H24BrIN2O4/c1-12-10-21(5-6-22(12)17(24)26-18(2,3)4)16(23)11-25-15-8-13(19)7-14(20)9-15/h7-9,12H,5-6,10-11H2,1-4H3. The van der Waals surface area contributed by atoms with Gasteiger partial charge >= 0.3 is 6.09 Å². The molecular weight excluding hydrogens is 515 g/mol. The Labute approximate surface area is 176 Å². The molecule has 1 aromatic rings. The Morgan fingerprint density at radius 1 is 1.27 bits per heavy atom. The van der Waals surface area contributed by atoms with E-state index in [0.29, 0.717) is 25.4 Å². The van der Waals surface area contributed by atoms with E-state index in [1.807, 2.05) is 45.9 Å². The summed E-state index contributed by atoms with van der Waals surface area (Å²) in [5.74, 6) is 0.563. The van der Waals surface area contributed by atoms with Crippen LogP contribution in [0.5, 0.6) is 5.75 Å². The van der Waals surface area contributed by atoms with Crippen LogP contribution in [-0.2, 0) is 9.53 Å². The van der Waals surface area contributed by atoms with Gasteiger partial charge in [0.05, 0.1) is 0 Å². The first-order chi connectivity index (χ1) is 12.0. The van der Waals surface area contributed by atoms with E-state index in [9.17, 15) is 9.59 Å². The average Bonchev–Trinajstić information content (AvgIpc) is 2.49. The smallest absolute Gasteiger partial charge is 0.410 e. The molecule has 0 aromatic heterocycles. The van der Waals surface area contributed by atoms with Crippen LogP contribution in [-0.4, -0.2) is 59.7 Å². The molecule has 1 aliphatic rings. The molecular formula is C18H24BrIN2O4. The highest BCUT2D eigenvalue weighted by atomic mass is 127. The number of carbonyl (C=O) groups excluding carboxylic acids is 2. The molecule has 0 N–H and O–H groups in total. The predicted octanol–water partition coefficient (Wildman–Crippen LogP) is 3.90. The molecule has 8 heteroatoms. The highest BCUT2D eigenvalue weighted by molar-refractivity contribution is 14.1. The molecule has 2 rings (SSSR count). The number of nitrogens with zero attached hydrogens (tertiary/aromatic N) is 2. The fourth-order valence-corrected chi connectivity index (χ4v) is 4.17. The summed E-state index contributed by atoms with van der Waals surface area (Å²) in [6, 6.07) is 5.57. The number of benzene rings is 1. The molecule has 1 fully saturated rings. The molecule has 1 aromatic carbocycles. The molecule has 1 saturated heterocycles. The number of piperazine rings is 1. The Bertz CT molecular complexity index is 657. The minimum atomic E-state index is -0.529. The highest BCUT2D eigenvalue weighted by Gasteiger charge is 2.32. The third-order valence-corrected chi connectivity index (χ3v) is 4.89. The quantitative estimate of drug-likeness (QED) is 0.548. The van der Waals surface area contributed by atoms with E-state index in [0.717, 1.165) is 8.04 Å². The van der Waals surface area contributed by atoms with Gasteiger partial charge in [0.15, 0.2) is 6.61 Å². The van der Waals surface area contributed by atoms with E-state index in [4.69, 9.17) is 9.47 Å². The number of hydrogen-bond donors (Lipinski definition) is 0. The van der Waals surface area contributed by atoms with Crippen molar-refractivity contribution in [2.75, 3.05) is 26.2 Å². The van der Waals surface area contributed by atoms with E-state index in [2.05, 4.69) is 38.5 Å². The summed E-state index contributed by atoms with van der Waals surface area (Å²) in [5, 5.41) is 0. The van der Waals surface area contributed by atoms with Gasteiger partial charge < -0.3 is 19.3 Å². The van der Waals surface area contributed by atoms with E-state index >= 15 is 0 Å². The first-order valence-electron chi connectivity index (χ1n) is 8.41. The molecule has 0 radical (unpaired) electrons. The van der Waals surface area contributed by atoms with Crippen LogP contribution in [0.3, 0.4) is 0 Å². The summed E-state index contributed by atoms with van der Waals surface area (Å²) in [7, 11) is 0. The Morgan fingerprint density at radius 2 is 1.96 bits per heavy atom. The van der Waals surface area contributed by atoms with Crippen molar-refractivity contribution in [2.24, 2.45) is 0 Å². The summed E-state index contributed by atoms with van der Waals surface area (Å²) >= 11 is 5.61. The van der Waals surface area contributed by atoms with Crippen LogP contribution in [0, 0.1) is 3.57 Å². The van der Waals surface area contributed by atoms with Gasteiger partial charge in [0.25, 0.3) is 5.91 Å². The SMILES string of the molecule is CC1CN(C(=O)COc2cc(Br)cc(I)c2)CCN1C(=O)OC(C)(C)C. The van der Waals surface area contributed by atoms with Crippen LogP contribution in [0.15, 0.2) is 22.7 Å². The lowest BCUT2D eigenvalue weighted by Crippen LogP contribution is -2.56. The third-order valence-electron chi connectivity index (χ3n) is 3.81. The van der Waals surface area contributed by atoms with Gasteiger partial charge in [0.1, 0.15) is 11.4 Å². The Morgan fingerprint density at radius 3 is 2.54 bits per heavy atom. The zero-order valence-electron chi connectivity index (χ0n) is 15.4. The van der Waals surface area contributed by atoms with E-state index < -0.39 is 5.60 Å². The van der Waals surface area contributed by atoms with Crippen molar-refractivity contribution in [3.05, 3.63) is 26.2 Å². The van der Waals surface area contributed by atoms with Crippen LogP contribution < -0.4 is 4.74 Å². The van der Waals surface area contributed by atoms with Crippen molar-refractivity contribution < 1.29 is 19.1 Å². The molecule has 2 amide bonds. The van der Waals surface area contributed by atoms with Crippen LogP contribution in [0.2, 0.25) is 0 Å². The van der Waals surface area contributed by atoms with Crippen LogP contribution in [0.4, 0.5) is 4.79 Å². The first-order valence-corrected chi connectivity index (χ1v) is 10.3. The Hall–Kier alpha value is -1.03. The van der Waals surface area contributed by atoms with E-state index in [1.165, 1.54) is 0 Å². The molecule has 6 nitrogen and oxygen atoms in total. The molecule has 1 atom stereocenters. The van der Waals surface area contributed by atoms with Crippen molar-refractivity contribution in [3.8, 4) is 5.75 Å². The topological polar surface area (TPSA) is 59.1 Å². The van der Waals surface area contributed by atoms with Gasteiger partial charge in [0, 0.05) is 33.7 Å². The maximum atomic E-state index is 12.4. The molecule has 0 spiro atoms. The monoisotopic (exact) mass is 538 g/mol. The summed E-state index contributed by atoms with van der Waals surface area (Å²) in [6.45, 7) is 8.82. The zero-order chi connectivity index (χ0) is 19.5. The number of rotatable bonds is 3. The molecule has 26 heavy (non-hydrogen) atoms. The van der Waals surface area contributed by atoms with Crippen LogP contribution in [0.1, 0.15) is 27.7 Å². The second kappa shape index (κ2) is 8.77. The van der Waals surface area contributed by atoms with Crippen molar-refractivity contribution in [1.82, 2.24) is 9.80 Å². The Kier molecular flexibility index (Phi) is 7.18. The molecule has 0 aliphatic carbocycles. The summed E-state index contributed by atoms with van der Waals surface area (Å²) in [4.78, 5) is 28.1. The van der Waals surface area contributed by atoms with Gasteiger partial charge in [-0.3, -0.25) is 4.79 Å². The fraction of sp³-hybridized carbons (Fsp3) is 0.556. The fourth-order valence-electron chi connectivity index (χ4n) is 2.62. The Balaban J connectivity index is 1.87. The molecule has 0 saturated carbocycles. The van der Waals surface area contributed by atoms with Crippen molar-refractivity contribution >= 4 is 50.5 Å². The lowest BCUT2D eigenvalue weighted by molar-refractivity contribution is -0.136. The second-order valence-corrected chi connectivity index (χ2v) is 9.42. The van der Waals surface area contributed by atoms with Gasteiger partial charge in [0.2, 0.25) is 0 Å². The van der Waals surface area contributed by atoms with Crippen molar-refractivity contribution in [1.29, 1.82) is 0 Å². The van der Waals surface area contributed by atoms with Gasteiger partial charge in [-0.2, -0.15) is 0 Å². The number of halogens is 2. The molecule has 0 bridgehead atoms. The zero-order valence-corrected chi connectivity index (χ0v) is 19.2. The lowest BCUT2D eigenvalue weighted by atomic mass is 10.2. The summed E-state index contributed by atoms with van der Waals surface area (Å²) in [6.07, 6.45) is -0.336. The van der Waals surface area contributed by atoms with Gasteiger partial charge in [-0.1, -0.05) is 15.9 Å². The van der Waals surface area contributed by atoms with Crippen LogP contribution >= 0.6 is 38.5 Å². The number of carbonyl (C=O) groups is 2. The molecule has 1 unspecified atom stereocenters. The second-order valence-electron chi connectivity index (χ2n) is 7.26. The minimum absolute atomic E-state index is 0.0221. The highest BCUT2D eigenvalue weighted by Crippen LogP contribution is 2.23. The van der Waals surface area contributed by atoms with E-state index in [1.54, 1.807) is 9.80 Å². The maximum Gasteiger partial charge on any atom is 0.410 e. The minimum Gasteiger partial charge on any atom is -0.484 e. The van der Waals surface area contributed by atoms with Gasteiger partial charge in [-0.25, -0.2) is 4.79 Å². The maximum absolute atomic E-state index is 12.4. The third kappa shape index (κ3) is 6.29. The summed E-state index contributed by atoms with van der Waals surface area (Å²) in [5.41, 5.74) is -0.529. The number of ether oxygens (including phenoxy) is 2. The van der Waals surface area contributed by atoms with Crippen molar-refractivity contribution in [3.63, 3.8) is 0 Å². The van der Waals surface area contributed by atoms with E-state index in [-0.39, 0.29) is 24.6 Å². The summed E-state index contributed by atoms with van der Waals surface area (Å²) < 4.78 is 13.0. The molecule has 1 aliphatic heterocycles. The van der Waals surface area contributed by atoms with Crippen LogP contribution in [0.25, 0.3) is 0 Å². The van der Waals surface area contributed by atoms with Crippen molar-refractivity contribution in [2.45, 2.75) is 39.3 Å². The molecule has 144 valence electrons. The average molecular weight is 539 g/mol. The lowest BCUT2D eigenvalue weighted by Gasteiger charge is -2.40. The first kappa shape index (κ1) is 21.3. The van der Waals surface area contributed by atoms with Gasteiger partial charge in [-0.15, -0.1) is 0 Å². The normalized spacial score (nSPS) is 17.8. The largest absolute Gasteiger partial charge is 0.484 e. The number of hydrogen-bond acceptors (Lipinski definition) is 4. The number of amides is 2. The predicted molar refractivity (Wildman–Crippen MR) is 111 cm³/mol. The molecule has 1 heterocycles.